The molecular formula is C16H12Cl2FN3O2S. The zero-order valence-electron chi connectivity index (χ0n) is 12.7. The summed E-state index contributed by atoms with van der Waals surface area (Å²) in [6.07, 6.45) is 0. The van der Waals surface area contributed by atoms with Crippen molar-refractivity contribution in [2.45, 2.75) is 11.6 Å². The van der Waals surface area contributed by atoms with Crippen LogP contribution in [0.15, 0.2) is 53.4 Å². The first-order chi connectivity index (χ1) is 11.8. The summed E-state index contributed by atoms with van der Waals surface area (Å²) in [7, 11) is -3.81. The fourth-order valence-electron chi connectivity index (χ4n) is 2.35. The average Bonchev–Trinajstić information content (AvgIpc) is 2.91. The quantitative estimate of drug-likeness (QED) is 0.720. The summed E-state index contributed by atoms with van der Waals surface area (Å²) in [4.78, 5) is -0.0340. The highest BCUT2D eigenvalue weighted by Crippen LogP contribution is 2.34. The van der Waals surface area contributed by atoms with Gasteiger partial charge >= 0.3 is 0 Å². The highest BCUT2D eigenvalue weighted by atomic mass is 35.5. The lowest BCUT2D eigenvalue weighted by atomic mass is 10.1. The third kappa shape index (κ3) is 3.55. The SMILES string of the molecule is NS(=O)(=O)c1ccc(-n2nc(CF)c(Cl)c2-c2ccc(Cl)cc2)cc1. The molecule has 0 saturated carbocycles. The van der Waals surface area contributed by atoms with Crippen molar-refractivity contribution in [1.29, 1.82) is 0 Å². The van der Waals surface area contributed by atoms with E-state index in [4.69, 9.17) is 28.3 Å². The van der Waals surface area contributed by atoms with Crippen LogP contribution < -0.4 is 5.14 Å². The van der Waals surface area contributed by atoms with E-state index >= 15 is 0 Å². The number of rotatable bonds is 4. The number of nitrogens with two attached hydrogens (primary N) is 1. The Balaban J connectivity index is 2.17. The van der Waals surface area contributed by atoms with Gasteiger partial charge in [-0.3, -0.25) is 0 Å². The van der Waals surface area contributed by atoms with Gasteiger partial charge in [0, 0.05) is 10.6 Å². The van der Waals surface area contributed by atoms with E-state index in [1.807, 2.05) is 0 Å². The number of hydrogen-bond acceptors (Lipinski definition) is 3. The van der Waals surface area contributed by atoms with E-state index in [0.717, 1.165) is 0 Å². The van der Waals surface area contributed by atoms with Crippen LogP contribution >= 0.6 is 23.2 Å². The van der Waals surface area contributed by atoms with Gasteiger partial charge in [0.05, 0.1) is 21.3 Å². The zero-order chi connectivity index (χ0) is 18.2. The standard InChI is InChI=1S/C16H12Cl2FN3O2S/c17-11-3-1-10(2-4-11)16-15(18)14(9-19)21-22(16)12-5-7-13(8-6-12)25(20,23)24/h1-8H,9H2,(H2,20,23,24). The van der Waals surface area contributed by atoms with Gasteiger partial charge in [-0.2, -0.15) is 5.10 Å². The molecule has 2 aromatic carbocycles. The number of primary sulfonamides is 1. The van der Waals surface area contributed by atoms with Crippen LogP contribution in [0, 0.1) is 0 Å². The summed E-state index contributed by atoms with van der Waals surface area (Å²) in [5.74, 6) is 0. The molecule has 9 heteroatoms. The van der Waals surface area contributed by atoms with Gasteiger partial charge in [0.25, 0.3) is 0 Å². The lowest BCUT2D eigenvalue weighted by Gasteiger charge is -2.09. The number of alkyl halides is 1. The molecule has 0 bridgehead atoms. The first kappa shape index (κ1) is 17.9. The highest BCUT2D eigenvalue weighted by molar-refractivity contribution is 7.89. The van der Waals surface area contributed by atoms with Gasteiger partial charge in [0.1, 0.15) is 12.4 Å². The maximum Gasteiger partial charge on any atom is 0.238 e. The van der Waals surface area contributed by atoms with E-state index in [2.05, 4.69) is 5.10 Å². The summed E-state index contributed by atoms with van der Waals surface area (Å²) in [6, 6.07) is 12.6. The minimum atomic E-state index is -3.81. The largest absolute Gasteiger partial charge is 0.244 e. The van der Waals surface area contributed by atoms with E-state index in [1.165, 1.54) is 28.9 Å². The minimum Gasteiger partial charge on any atom is -0.244 e. The van der Waals surface area contributed by atoms with E-state index in [-0.39, 0.29) is 15.6 Å². The van der Waals surface area contributed by atoms with Gasteiger partial charge < -0.3 is 0 Å². The normalized spacial score (nSPS) is 11.7. The Kier molecular flexibility index (Phi) is 4.83. The molecule has 0 amide bonds. The Morgan fingerprint density at radius 1 is 1.04 bits per heavy atom. The summed E-state index contributed by atoms with van der Waals surface area (Å²) in [5.41, 5.74) is 1.77. The van der Waals surface area contributed by atoms with Gasteiger partial charge in [0.15, 0.2) is 0 Å². The Bertz CT molecular complexity index is 1020. The van der Waals surface area contributed by atoms with Crippen LogP contribution in [0.25, 0.3) is 16.9 Å². The predicted octanol–water partition coefficient (Wildman–Crippen LogP) is 3.96. The Morgan fingerprint density at radius 2 is 1.64 bits per heavy atom. The predicted molar refractivity (Wildman–Crippen MR) is 95.2 cm³/mol. The fourth-order valence-corrected chi connectivity index (χ4v) is 3.27. The summed E-state index contributed by atoms with van der Waals surface area (Å²) >= 11 is 12.2. The van der Waals surface area contributed by atoms with Gasteiger partial charge in [-0.25, -0.2) is 22.6 Å². The molecule has 0 fully saturated rings. The molecule has 1 heterocycles. The summed E-state index contributed by atoms with van der Waals surface area (Å²) < 4.78 is 37.4. The number of aromatic nitrogens is 2. The van der Waals surface area contributed by atoms with Crippen LogP contribution in [0.4, 0.5) is 4.39 Å². The second-order valence-electron chi connectivity index (χ2n) is 5.20. The molecule has 1 aromatic heterocycles. The molecule has 130 valence electrons. The van der Waals surface area contributed by atoms with Crippen molar-refractivity contribution in [2.75, 3.05) is 0 Å². The van der Waals surface area contributed by atoms with Crippen LogP contribution in [-0.4, -0.2) is 18.2 Å². The van der Waals surface area contributed by atoms with Crippen LogP contribution in [0.2, 0.25) is 10.0 Å². The smallest absolute Gasteiger partial charge is 0.238 e. The van der Waals surface area contributed by atoms with Crippen molar-refractivity contribution >= 4 is 33.2 Å². The molecule has 0 saturated heterocycles. The number of sulfonamides is 1. The maximum atomic E-state index is 13.2. The number of benzene rings is 2. The molecule has 0 unspecified atom stereocenters. The molecule has 3 aromatic rings. The first-order valence-corrected chi connectivity index (χ1v) is 9.34. The summed E-state index contributed by atoms with van der Waals surface area (Å²) in [5, 5.41) is 10.0. The average molecular weight is 400 g/mol. The maximum absolute atomic E-state index is 13.2. The Hall–Kier alpha value is -1.93. The third-order valence-electron chi connectivity index (χ3n) is 3.55. The van der Waals surface area contributed by atoms with Gasteiger partial charge in [-0.15, -0.1) is 0 Å². The van der Waals surface area contributed by atoms with E-state index < -0.39 is 16.7 Å². The molecular weight excluding hydrogens is 388 g/mol. The van der Waals surface area contributed by atoms with Crippen molar-refractivity contribution in [1.82, 2.24) is 9.78 Å². The molecule has 0 aliphatic rings. The van der Waals surface area contributed by atoms with Crippen LogP contribution in [0.3, 0.4) is 0 Å². The van der Waals surface area contributed by atoms with Crippen molar-refractivity contribution in [3.05, 3.63) is 64.3 Å². The van der Waals surface area contributed by atoms with Crippen LogP contribution in [0.5, 0.6) is 0 Å². The second kappa shape index (κ2) is 6.76. The minimum absolute atomic E-state index is 0.0340. The fraction of sp³-hybridized carbons (Fsp3) is 0.0625. The van der Waals surface area contributed by atoms with E-state index in [1.54, 1.807) is 24.3 Å². The first-order valence-electron chi connectivity index (χ1n) is 7.04. The summed E-state index contributed by atoms with van der Waals surface area (Å²) in [6.45, 7) is -0.832. The van der Waals surface area contributed by atoms with Crippen molar-refractivity contribution < 1.29 is 12.8 Å². The van der Waals surface area contributed by atoms with E-state index in [0.29, 0.717) is 22.0 Å². The highest BCUT2D eigenvalue weighted by Gasteiger charge is 2.19. The monoisotopic (exact) mass is 399 g/mol. The van der Waals surface area contributed by atoms with Crippen molar-refractivity contribution in [2.24, 2.45) is 5.14 Å². The van der Waals surface area contributed by atoms with Crippen molar-refractivity contribution in [3.63, 3.8) is 0 Å². The number of halogens is 3. The second-order valence-corrected chi connectivity index (χ2v) is 7.58. The molecule has 25 heavy (non-hydrogen) atoms. The molecule has 0 radical (unpaired) electrons. The molecule has 2 N–H and O–H groups in total. The Labute approximate surface area is 153 Å². The lowest BCUT2D eigenvalue weighted by molar-refractivity contribution is 0.473. The Morgan fingerprint density at radius 3 is 2.16 bits per heavy atom. The molecule has 0 spiro atoms. The third-order valence-corrected chi connectivity index (χ3v) is 5.13. The topological polar surface area (TPSA) is 78.0 Å². The zero-order valence-corrected chi connectivity index (χ0v) is 15.0. The van der Waals surface area contributed by atoms with Crippen molar-refractivity contribution in [3.8, 4) is 16.9 Å². The molecule has 0 atom stereocenters. The van der Waals surface area contributed by atoms with Crippen LogP contribution in [-0.2, 0) is 16.7 Å². The molecule has 0 aliphatic heterocycles. The molecule has 3 rings (SSSR count). The molecule has 0 aliphatic carbocycles. The van der Waals surface area contributed by atoms with Gasteiger partial charge in [-0.1, -0.05) is 35.3 Å². The van der Waals surface area contributed by atoms with Crippen LogP contribution in [0.1, 0.15) is 5.69 Å². The molecule has 5 nitrogen and oxygen atoms in total. The lowest BCUT2D eigenvalue weighted by Crippen LogP contribution is -2.12. The van der Waals surface area contributed by atoms with Gasteiger partial charge in [0.2, 0.25) is 10.0 Å². The van der Waals surface area contributed by atoms with E-state index in [9.17, 15) is 12.8 Å². The van der Waals surface area contributed by atoms with Gasteiger partial charge in [-0.05, 0) is 36.4 Å². The number of hydrogen-bond donors (Lipinski definition) is 1. The number of nitrogens with zero attached hydrogens (tertiary/aromatic N) is 2.